The highest BCUT2D eigenvalue weighted by Gasteiger charge is 2.23. The molecule has 1 aliphatic heterocycles. The lowest BCUT2D eigenvalue weighted by molar-refractivity contribution is 0.264. The van der Waals surface area contributed by atoms with Crippen LogP contribution in [0.1, 0.15) is 39.0 Å². The van der Waals surface area contributed by atoms with Gasteiger partial charge in [0.05, 0.1) is 0 Å². The summed E-state index contributed by atoms with van der Waals surface area (Å²) < 4.78 is 0. The van der Waals surface area contributed by atoms with Crippen molar-refractivity contribution in [2.75, 3.05) is 37.6 Å². The number of rotatable bonds is 8. The first-order valence-corrected chi connectivity index (χ1v) is 9.10. The molecule has 2 heterocycles. The molecule has 1 saturated heterocycles. The summed E-state index contributed by atoms with van der Waals surface area (Å²) in [6.07, 6.45) is 3.36. The molecule has 0 saturated carbocycles. The minimum Gasteiger partial charge on any atom is -0.349 e. The van der Waals surface area contributed by atoms with Crippen molar-refractivity contribution in [3.05, 3.63) is 11.1 Å². The van der Waals surface area contributed by atoms with Crippen LogP contribution < -0.4 is 10.2 Å². The third-order valence-corrected chi connectivity index (χ3v) is 5.41. The van der Waals surface area contributed by atoms with Crippen molar-refractivity contribution in [1.82, 2.24) is 15.2 Å². The molecule has 0 aromatic carbocycles. The maximum Gasteiger partial charge on any atom is 0.185 e. The van der Waals surface area contributed by atoms with Gasteiger partial charge < -0.3 is 15.1 Å². The lowest BCUT2D eigenvalue weighted by Crippen LogP contribution is -2.30. The van der Waals surface area contributed by atoms with Crippen LogP contribution in [0.2, 0.25) is 0 Å². The Kier molecular flexibility index (Phi) is 6.45. The Morgan fingerprint density at radius 3 is 2.81 bits per heavy atom. The molecule has 120 valence electrons. The second-order valence-electron chi connectivity index (χ2n) is 6.16. The first-order valence-electron chi connectivity index (χ1n) is 8.28. The van der Waals surface area contributed by atoms with E-state index in [4.69, 9.17) is 0 Å². The summed E-state index contributed by atoms with van der Waals surface area (Å²) in [7, 11) is 0. The van der Waals surface area contributed by atoms with Crippen LogP contribution in [0.4, 0.5) is 5.13 Å². The smallest absolute Gasteiger partial charge is 0.185 e. The molecule has 5 heteroatoms. The summed E-state index contributed by atoms with van der Waals surface area (Å²) in [5.41, 5.74) is 0. The topological polar surface area (TPSA) is 31.4 Å². The van der Waals surface area contributed by atoms with E-state index in [-0.39, 0.29) is 0 Å². The van der Waals surface area contributed by atoms with Crippen molar-refractivity contribution in [2.45, 2.75) is 46.7 Å². The van der Waals surface area contributed by atoms with Gasteiger partial charge in [0.2, 0.25) is 0 Å². The van der Waals surface area contributed by atoms with E-state index in [0.29, 0.717) is 6.04 Å². The summed E-state index contributed by atoms with van der Waals surface area (Å²) in [5, 5.41) is 4.77. The van der Waals surface area contributed by atoms with Gasteiger partial charge in [-0.1, -0.05) is 0 Å². The highest BCUT2D eigenvalue weighted by Crippen LogP contribution is 2.22. The molecule has 1 unspecified atom stereocenters. The molecular weight excluding hydrogens is 280 g/mol. The van der Waals surface area contributed by atoms with Crippen LogP contribution in [-0.2, 0) is 6.54 Å². The first kappa shape index (κ1) is 16.7. The van der Waals surface area contributed by atoms with Crippen molar-refractivity contribution in [3.63, 3.8) is 0 Å². The van der Waals surface area contributed by atoms with Gasteiger partial charge in [0.25, 0.3) is 0 Å². The molecule has 1 fully saturated rings. The van der Waals surface area contributed by atoms with E-state index in [1.807, 2.05) is 17.5 Å². The Morgan fingerprint density at radius 2 is 2.19 bits per heavy atom. The fraction of sp³-hybridized carbons (Fsp3) is 0.812. The number of likely N-dealkylation sites (tertiary alicyclic amines) is 1. The Morgan fingerprint density at radius 1 is 1.43 bits per heavy atom. The molecule has 1 aromatic rings. The summed E-state index contributed by atoms with van der Waals surface area (Å²) in [6, 6.07) is 0.688. The minimum atomic E-state index is 0.688. The fourth-order valence-corrected chi connectivity index (χ4v) is 3.92. The Labute approximate surface area is 133 Å². The van der Waals surface area contributed by atoms with Crippen LogP contribution in [0.3, 0.4) is 0 Å². The summed E-state index contributed by atoms with van der Waals surface area (Å²) in [4.78, 5) is 10.8. The van der Waals surface area contributed by atoms with Crippen molar-refractivity contribution < 1.29 is 0 Å². The first-order chi connectivity index (χ1) is 10.1. The second kappa shape index (κ2) is 8.11. The zero-order valence-corrected chi connectivity index (χ0v) is 14.7. The van der Waals surface area contributed by atoms with E-state index < -0.39 is 0 Å². The van der Waals surface area contributed by atoms with Gasteiger partial charge in [-0.15, -0.1) is 11.3 Å². The third-order valence-electron chi connectivity index (χ3n) is 4.36. The van der Waals surface area contributed by atoms with Gasteiger partial charge in [-0.2, -0.15) is 0 Å². The van der Waals surface area contributed by atoms with Crippen LogP contribution >= 0.6 is 11.3 Å². The van der Waals surface area contributed by atoms with E-state index in [1.54, 1.807) is 0 Å². The van der Waals surface area contributed by atoms with Crippen molar-refractivity contribution in [1.29, 1.82) is 0 Å². The number of nitrogens with zero attached hydrogens (tertiary/aromatic N) is 3. The van der Waals surface area contributed by atoms with Crippen LogP contribution in [0.25, 0.3) is 0 Å². The molecule has 21 heavy (non-hydrogen) atoms. The number of nitrogens with one attached hydrogen (secondary N) is 1. The number of thiazole rings is 1. The molecule has 4 nitrogen and oxygen atoms in total. The molecule has 1 aromatic heterocycles. The maximum atomic E-state index is 4.54. The molecule has 1 N–H and O–H groups in total. The normalized spacial score (nSPS) is 19.6. The standard InChI is InChI=1S/C16H30N4S/c1-5-19(6-2)16-18-11-15(21-16)10-17-9-14-7-8-20(12-14)13(3)4/h11,13-14,17H,5-10,12H2,1-4H3. The Balaban J connectivity index is 1.72. The molecule has 1 aliphatic rings. The van der Waals surface area contributed by atoms with Gasteiger partial charge in [0, 0.05) is 43.3 Å². The molecule has 0 spiro atoms. The molecule has 0 amide bonds. The van der Waals surface area contributed by atoms with E-state index in [2.05, 4.69) is 47.8 Å². The zero-order chi connectivity index (χ0) is 15.2. The molecule has 0 aliphatic carbocycles. The predicted octanol–water partition coefficient (Wildman–Crippen LogP) is 2.81. The summed E-state index contributed by atoms with van der Waals surface area (Å²) in [6.45, 7) is 15.6. The molecule has 1 atom stereocenters. The van der Waals surface area contributed by atoms with Crippen LogP contribution in [0.5, 0.6) is 0 Å². The molecule has 2 rings (SSSR count). The van der Waals surface area contributed by atoms with Crippen LogP contribution in [0.15, 0.2) is 6.20 Å². The van der Waals surface area contributed by atoms with E-state index in [9.17, 15) is 0 Å². The van der Waals surface area contributed by atoms with Crippen LogP contribution in [0, 0.1) is 5.92 Å². The highest BCUT2D eigenvalue weighted by molar-refractivity contribution is 7.15. The lowest BCUT2D eigenvalue weighted by Gasteiger charge is -2.20. The average molecular weight is 311 g/mol. The van der Waals surface area contributed by atoms with Gasteiger partial charge in [-0.05, 0) is 53.1 Å². The third kappa shape index (κ3) is 4.66. The number of hydrogen-bond donors (Lipinski definition) is 1. The Hall–Kier alpha value is -0.650. The monoisotopic (exact) mass is 310 g/mol. The number of hydrogen-bond acceptors (Lipinski definition) is 5. The average Bonchev–Trinajstić information content (AvgIpc) is 3.10. The second-order valence-corrected chi connectivity index (χ2v) is 7.25. The minimum absolute atomic E-state index is 0.688. The quantitative estimate of drug-likeness (QED) is 0.800. The van der Waals surface area contributed by atoms with Crippen molar-refractivity contribution >= 4 is 16.5 Å². The Bertz CT molecular complexity index is 414. The van der Waals surface area contributed by atoms with Crippen LogP contribution in [-0.4, -0.2) is 48.6 Å². The van der Waals surface area contributed by atoms with Gasteiger partial charge >= 0.3 is 0 Å². The van der Waals surface area contributed by atoms with Gasteiger partial charge in [0.15, 0.2) is 5.13 Å². The predicted molar refractivity (Wildman–Crippen MR) is 92.2 cm³/mol. The molecule has 0 bridgehead atoms. The SMILES string of the molecule is CCN(CC)c1ncc(CNCC2CCN(C(C)C)C2)s1. The van der Waals surface area contributed by atoms with E-state index >= 15 is 0 Å². The summed E-state index contributed by atoms with van der Waals surface area (Å²) in [5.74, 6) is 0.808. The van der Waals surface area contributed by atoms with E-state index in [1.165, 1.54) is 24.4 Å². The molecule has 0 radical (unpaired) electrons. The van der Waals surface area contributed by atoms with E-state index in [0.717, 1.165) is 37.2 Å². The van der Waals surface area contributed by atoms with Gasteiger partial charge in [-0.3, -0.25) is 0 Å². The maximum absolute atomic E-state index is 4.54. The zero-order valence-electron chi connectivity index (χ0n) is 13.9. The lowest BCUT2D eigenvalue weighted by atomic mass is 10.1. The number of anilines is 1. The van der Waals surface area contributed by atoms with Crippen molar-refractivity contribution in [3.8, 4) is 0 Å². The largest absolute Gasteiger partial charge is 0.349 e. The van der Waals surface area contributed by atoms with Crippen molar-refractivity contribution in [2.24, 2.45) is 5.92 Å². The fourth-order valence-electron chi connectivity index (χ4n) is 2.92. The van der Waals surface area contributed by atoms with Gasteiger partial charge in [-0.25, -0.2) is 4.98 Å². The number of aromatic nitrogens is 1. The van der Waals surface area contributed by atoms with Gasteiger partial charge in [0.1, 0.15) is 0 Å². The summed E-state index contributed by atoms with van der Waals surface area (Å²) >= 11 is 1.82. The molecular formula is C16H30N4S. The highest BCUT2D eigenvalue weighted by atomic mass is 32.1.